The van der Waals surface area contributed by atoms with E-state index in [9.17, 15) is 13.6 Å². The highest BCUT2D eigenvalue weighted by Gasteiger charge is 2.18. The van der Waals surface area contributed by atoms with Crippen molar-refractivity contribution in [1.82, 2.24) is 4.98 Å². The van der Waals surface area contributed by atoms with Gasteiger partial charge in [-0.15, -0.1) is 0 Å². The minimum atomic E-state index is -2.16. The standard InChI is InChI=1S/C24H19ClN2O3S2/c1-2-15-6-8-17(9-7-15)22-21(16-10-12-19(25)13-11-16)26-24(31-22)27-23(28)18-4-3-5-20(14-18)32(29)30/h3-14H,2H2,1H3,(H,29,30)(H,26,27,28). The molecular weight excluding hydrogens is 464 g/mol. The Hall–Kier alpha value is -2.84. The van der Waals surface area contributed by atoms with Crippen LogP contribution in [0.3, 0.4) is 0 Å². The van der Waals surface area contributed by atoms with Crippen LogP contribution in [0, 0.1) is 0 Å². The molecule has 8 heteroatoms. The van der Waals surface area contributed by atoms with Gasteiger partial charge in [0.1, 0.15) is 0 Å². The summed E-state index contributed by atoms with van der Waals surface area (Å²) in [6.45, 7) is 2.11. The fourth-order valence-corrected chi connectivity index (χ4v) is 4.72. The van der Waals surface area contributed by atoms with Gasteiger partial charge in [-0.2, -0.15) is 0 Å². The predicted octanol–water partition coefficient (Wildman–Crippen LogP) is 6.53. The fraction of sp³-hybridized carbons (Fsp3) is 0.0833. The molecule has 1 amide bonds. The quantitative estimate of drug-likeness (QED) is 0.306. The number of halogens is 1. The smallest absolute Gasteiger partial charge is 0.257 e. The van der Waals surface area contributed by atoms with Gasteiger partial charge in [0, 0.05) is 16.1 Å². The number of rotatable bonds is 6. The first kappa shape index (κ1) is 22.4. The Kier molecular flexibility index (Phi) is 6.81. The van der Waals surface area contributed by atoms with Crippen LogP contribution < -0.4 is 5.32 Å². The summed E-state index contributed by atoms with van der Waals surface area (Å²) in [7, 11) is 0. The molecule has 4 aromatic rings. The van der Waals surface area contributed by atoms with Crippen molar-refractivity contribution in [3.05, 3.63) is 88.9 Å². The van der Waals surface area contributed by atoms with Gasteiger partial charge in [0.05, 0.1) is 15.5 Å². The van der Waals surface area contributed by atoms with Gasteiger partial charge in [-0.25, -0.2) is 9.19 Å². The number of carbonyl (C=O) groups excluding carboxylic acids is 1. The third-order valence-corrected chi connectivity index (χ3v) is 6.82. The Bertz CT molecular complexity index is 1290. The van der Waals surface area contributed by atoms with Crippen molar-refractivity contribution in [2.24, 2.45) is 0 Å². The molecule has 0 saturated heterocycles. The van der Waals surface area contributed by atoms with Crippen LogP contribution in [0.15, 0.2) is 77.7 Å². The number of amides is 1. The van der Waals surface area contributed by atoms with Crippen LogP contribution in [0.2, 0.25) is 5.02 Å². The van der Waals surface area contributed by atoms with Crippen molar-refractivity contribution in [3.8, 4) is 21.7 Å². The SMILES string of the molecule is CCc1ccc(-c2sc(NC(=O)c3cccc(S(=O)O)c3)nc2-c2ccc(Cl)cc2)cc1. The van der Waals surface area contributed by atoms with E-state index in [4.69, 9.17) is 11.6 Å². The van der Waals surface area contributed by atoms with E-state index >= 15 is 0 Å². The van der Waals surface area contributed by atoms with Crippen LogP contribution in [0.1, 0.15) is 22.8 Å². The summed E-state index contributed by atoms with van der Waals surface area (Å²) in [4.78, 5) is 18.5. The number of nitrogens with one attached hydrogen (secondary N) is 1. The van der Waals surface area contributed by atoms with E-state index in [0.29, 0.717) is 10.2 Å². The molecule has 4 rings (SSSR count). The lowest BCUT2D eigenvalue weighted by Crippen LogP contribution is -2.12. The first-order chi connectivity index (χ1) is 15.4. The molecule has 0 aliphatic carbocycles. The number of anilines is 1. The zero-order valence-electron chi connectivity index (χ0n) is 17.0. The second kappa shape index (κ2) is 9.75. The lowest BCUT2D eigenvalue weighted by Gasteiger charge is -2.04. The summed E-state index contributed by atoms with van der Waals surface area (Å²) in [5.74, 6) is -0.401. The molecule has 0 bridgehead atoms. The Labute approximate surface area is 197 Å². The monoisotopic (exact) mass is 482 g/mol. The highest BCUT2D eigenvalue weighted by molar-refractivity contribution is 7.79. The maximum atomic E-state index is 12.8. The van der Waals surface area contributed by atoms with E-state index in [-0.39, 0.29) is 10.5 Å². The van der Waals surface area contributed by atoms with Gasteiger partial charge < -0.3 is 4.55 Å². The maximum absolute atomic E-state index is 12.8. The summed E-state index contributed by atoms with van der Waals surface area (Å²) in [6, 6.07) is 21.7. The highest BCUT2D eigenvalue weighted by atomic mass is 35.5. The highest BCUT2D eigenvalue weighted by Crippen LogP contribution is 2.39. The average Bonchev–Trinajstić information content (AvgIpc) is 3.23. The molecule has 0 aliphatic rings. The van der Waals surface area contributed by atoms with E-state index in [1.54, 1.807) is 24.3 Å². The van der Waals surface area contributed by atoms with Crippen molar-refractivity contribution < 1.29 is 13.6 Å². The molecule has 0 radical (unpaired) electrons. The Balaban J connectivity index is 1.71. The molecule has 1 heterocycles. The number of hydrogen-bond acceptors (Lipinski definition) is 4. The van der Waals surface area contributed by atoms with Crippen LogP contribution >= 0.6 is 22.9 Å². The maximum Gasteiger partial charge on any atom is 0.257 e. The van der Waals surface area contributed by atoms with Crippen LogP contribution in [-0.4, -0.2) is 19.7 Å². The van der Waals surface area contributed by atoms with Gasteiger partial charge in [0.2, 0.25) is 0 Å². The number of aryl methyl sites for hydroxylation is 1. The lowest BCUT2D eigenvalue weighted by molar-refractivity contribution is 0.102. The van der Waals surface area contributed by atoms with Crippen molar-refractivity contribution in [3.63, 3.8) is 0 Å². The molecule has 0 fully saturated rings. The van der Waals surface area contributed by atoms with Gasteiger partial charge in [0.25, 0.3) is 5.91 Å². The second-order valence-electron chi connectivity index (χ2n) is 6.99. The van der Waals surface area contributed by atoms with Gasteiger partial charge in [-0.1, -0.05) is 72.3 Å². The number of thiazole rings is 1. The summed E-state index contributed by atoms with van der Waals surface area (Å²) in [5.41, 5.74) is 4.15. The van der Waals surface area contributed by atoms with Gasteiger partial charge in [0.15, 0.2) is 16.2 Å². The molecule has 1 aromatic heterocycles. The number of nitrogens with zero attached hydrogens (tertiary/aromatic N) is 1. The number of benzene rings is 3. The molecule has 0 saturated carbocycles. The van der Waals surface area contributed by atoms with Crippen molar-refractivity contribution in [2.75, 3.05) is 5.32 Å². The number of hydrogen-bond donors (Lipinski definition) is 2. The molecule has 0 spiro atoms. The van der Waals surface area contributed by atoms with Crippen LogP contribution in [0.5, 0.6) is 0 Å². The molecule has 3 aromatic carbocycles. The first-order valence-electron chi connectivity index (χ1n) is 9.83. The van der Waals surface area contributed by atoms with Crippen molar-refractivity contribution in [2.45, 2.75) is 18.2 Å². The fourth-order valence-electron chi connectivity index (χ4n) is 3.18. The third-order valence-electron chi connectivity index (χ3n) is 4.89. The van der Waals surface area contributed by atoms with Crippen molar-refractivity contribution in [1.29, 1.82) is 0 Å². The van der Waals surface area contributed by atoms with Crippen LogP contribution in [0.4, 0.5) is 5.13 Å². The van der Waals surface area contributed by atoms with E-state index in [1.165, 1.54) is 29.0 Å². The average molecular weight is 483 g/mol. The Morgan fingerprint density at radius 3 is 2.41 bits per heavy atom. The zero-order chi connectivity index (χ0) is 22.7. The van der Waals surface area contributed by atoms with Gasteiger partial charge in [-0.05, 0) is 47.9 Å². The van der Waals surface area contributed by atoms with E-state index < -0.39 is 17.0 Å². The zero-order valence-corrected chi connectivity index (χ0v) is 19.4. The molecule has 5 nitrogen and oxygen atoms in total. The molecule has 2 N–H and O–H groups in total. The van der Waals surface area contributed by atoms with Gasteiger partial charge >= 0.3 is 0 Å². The summed E-state index contributed by atoms with van der Waals surface area (Å²) in [6.07, 6.45) is 0.950. The van der Waals surface area contributed by atoms with E-state index in [2.05, 4.69) is 41.5 Å². The Morgan fingerprint density at radius 2 is 1.75 bits per heavy atom. The van der Waals surface area contributed by atoms with Gasteiger partial charge in [-0.3, -0.25) is 10.1 Å². The molecule has 32 heavy (non-hydrogen) atoms. The van der Waals surface area contributed by atoms with Crippen LogP contribution in [-0.2, 0) is 17.5 Å². The Morgan fingerprint density at radius 1 is 1.06 bits per heavy atom. The normalized spacial score (nSPS) is 11.8. The molecule has 0 aliphatic heterocycles. The van der Waals surface area contributed by atoms with E-state index in [0.717, 1.165) is 28.1 Å². The van der Waals surface area contributed by atoms with E-state index in [1.807, 2.05) is 12.1 Å². The second-order valence-corrected chi connectivity index (χ2v) is 9.39. The summed E-state index contributed by atoms with van der Waals surface area (Å²) < 4.78 is 20.6. The summed E-state index contributed by atoms with van der Waals surface area (Å²) in [5, 5.41) is 3.89. The number of carbonyl (C=O) groups is 1. The molecular formula is C24H19ClN2O3S2. The van der Waals surface area contributed by atoms with Crippen LogP contribution in [0.25, 0.3) is 21.7 Å². The largest absolute Gasteiger partial charge is 0.302 e. The molecule has 162 valence electrons. The lowest BCUT2D eigenvalue weighted by atomic mass is 10.0. The minimum Gasteiger partial charge on any atom is -0.302 e. The first-order valence-corrected chi connectivity index (χ1v) is 12.1. The predicted molar refractivity (Wildman–Crippen MR) is 131 cm³/mol. The minimum absolute atomic E-state index is 0.162. The third kappa shape index (κ3) is 4.97. The van der Waals surface area contributed by atoms with Crippen molar-refractivity contribution >= 4 is 45.1 Å². The summed E-state index contributed by atoms with van der Waals surface area (Å²) >= 11 is 5.26. The molecule has 1 unspecified atom stereocenters. The topological polar surface area (TPSA) is 79.3 Å². The number of aromatic nitrogens is 1. The molecule has 1 atom stereocenters.